The maximum atomic E-state index is 6.28. The second-order valence-electron chi connectivity index (χ2n) is 5.62. The molecule has 0 radical (unpaired) electrons. The van der Waals surface area contributed by atoms with Gasteiger partial charge < -0.3 is 10.5 Å². The summed E-state index contributed by atoms with van der Waals surface area (Å²) in [4.78, 5) is 2.53. The standard InChI is InChI=1S/C14H30N2O/c1-5-11(2)14(15)10-16(8-9-17-4)12(3)13-6-7-13/h11-14H,5-10,15H2,1-4H3. The van der Waals surface area contributed by atoms with Crippen LogP contribution in [-0.4, -0.2) is 43.8 Å². The van der Waals surface area contributed by atoms with Crippen molar-refractivity contribution in [2.45, 2.75) is 52.1 Å². The van der Waals surface area contributed by atoms with Gasteiger partial charge >= 0.3 is 0 Å². The number of nitrogens with two attached hydrogens (primary N) is 1. The Bertz CT molecular complexity index is 206. The Morgan fingerprint density at radius 2 is 2.00 bits per heavy atom. The first kappa shape index (κ1) is 14.9. The molecule has 0 heterocycles. The largest absolute Gasteiger partial charge is 0.383 e. The maximum absolute atomic E-state index is 6.28. The lowest BCUT2D eigenvalue weighted by molar-refractivity contribution is 0.106. The SMILES string of the molecule is CCC(C)C(N)CN(CCOC)C(C)C1CC1. The second kappa shape index (κ2) is 7.34. The van der Waals surface area contributed by atoms with Crippen molar-refractivity contribution in [2.75, 3.05) is 26.8 Å². The lowest BCUT2D eigenvalue weighted by atomic mass is 9.98. The molecule has 0 amide bonds. The summed E-state index contributed by atoms with van der Waals surface area (Å²) in [5.41, 5.74) is 6.28. The van der Waals surface area contributed by atoms with Crippen molar-refractivity contribution in [3.05, 3.63) is 0 Å². The first-order valence-corrected chi connectivity index (χ1v) is 7.08. The molecule has 0 aromatic carbocycles. The smallest absolute Gasteiger partial charge is 0.0589 e. The molecule has 0 aromatic rings. The van der Waals surface area contributed by atoms with Crippen molar-refractivity contribution in [2.24, 2.45) is 17.6 Å². The van der Waals surface area contributed by atoms with E-state index in [-0.39, 0.29) is 6.04 Å². The average Bonchev–Trinajstić information content (AvgIpc) is 3.16. The molecule has 17 heavy (non-hydrogen) atoms. The zero-order valence-electron chi connectivity index (χ0n) is 12.0. The third-order valence-electron chi connectivity index (χ3n) is 4.28. The van der Waals surface area contributed by atoms with Gasteiger partial charge in [0.15, 0.2) is 0 Å². The summed E-state index contributed by atoms with van der Waals surface area (Å²) in [6.45, 7) is 9.64. The number of ether oxygens (including phenoxy) is 1. The molecular weight excluding hydrogens is 212 g/mol. The predicted octanol–water partition coefficient (Wildman–Crippen LogP) is 2.11. The summed E-state index contributed by atoms with van der Waals surface area (Å²) in [5.74, 6) is 1.50. The highest BCUT2D eigenvalue weighted by molar-refractivity contribution is 4.87. The van der Waals surface area contributed by atoms with Crippen molar-refractivity contribution in [1.29, 1.82) is 0 Å². The van der Waals surface area contributed by atoms with Crippen molar-refractivity contribution in [1.82, 2.24) is 4.90 Å². The summed E-state index contributed by atoms with van der Waals surface area (Å²) >= 11 is 0. The van der Waals surface area contributed by atoms with E-state index in [0.29, 0.717) is 12.0 Å². The molecule has 2 N–H and O–H groups in total. The second-order valence-corrected chi connectivity index (χ2v) is 5.62. The molecule has 1 saturated carbocycles. The first-order chi connectivity index (χ1) is 8.10. The monoisotopic (exact) mass is 242 g/mol. The quantitative estimate of drug-likeness (QED) is 0.673. The van der Waals surface area contributed by atoms with E-state index < -0.39 is 0 Å². The molecule has 0 aliphatic heterocycles. The van der Waals surface area contributed by atoms with Crippen LogP contribution in [0.3, 0.4) is 0 Å². The molecule has 1 aliphatic rings. The van der Waals surface area contributed by atoms with Crippen LogP contribution in [0.4, 0.5) is 0 Å². The van der Waals surface area contributed by atoms with Crippen LogP contribution in [-0.2, 0) is 4.74 Å². The number of methoxy groups -OCH3 is 1. The molecule has 0 spiro atoms. The van der Waals surface area contributed by atoms with E-state index in [1.807, 2.05) is 0 Å². The zero-order valence-corrected chi connectivity index (χ0v) is 12.0. The van der Waals surface area contributed by atoms with Crippen molar-refractivity contribution in [3.63, 3.8) is 0 Å². The fourth-order valence-corrected chi connectivity index (χ4v) is 2.30. The number of rotatable bonds is 9. The van der Waals surface area contributed by atoms with E-state index >= 15 is 0 Å². The molecule has 3 nitrogen and oxygen atoms in total. The maximum Gasteiger partial charge on any atom is 0.0589 e. The van der Waals surface area contributed by atoms with Gasteiger partial charge in [0.05, 0.1) is 6.61 Å². The molecule has 0 aromatic heterocycles. The Labute approximate surface area is 107 Å². The van der Waals surface area contributed by atoms with Crippen molar-refractivity contribution >= 4 is 0 Å². The fraction of sp³-hybridized carbons (Fsp3) is 1.00. The Morgan fingerprint density at radius 1 is 1.35 bits per heavy atom. The van der Waals surface area contributed by atoms with Gasteiger partial charge in [0, 0.05) is 32.3 Å². The predicted molar refractivity (Wildman–Crippen MR) is 73.1 cm³/mol. The highest BCUT2D eigenvalue weighted by Crippen LogP contribution is 2.35. The molecule has 1 fully saturated rings. The first-order valence-electron chi connectivity index (χ1n) is 7.08. The van der Waals surface area contributed by atoms with Crippen LogP contribution in [0.2, 0.25) is 0 Å². The minimum Gasteiger partial charge on any atom is -0.383 e. The van der Waals surface area contributed by atoms with Gasteiger partial charge in [0.2, 0.25) is 0 Å². The Balaban J connectivity index is 2.43. The molecule has 0 saturated heterocycles. The molecular formula is C14H30N2O. The lowest BCUT2D eigenvalue weighted by Gasteiger charge is -2.33. The molecule has 3 unspecified atom stereocenters. The van der Waals surface area contributed by atoms with Crippen molar-refractivity contribution < 1.29 is 4.74 Å². The van der Waals surface area contributed by atoms with Gasteiger partial charge in [-0.2, -0.15) is 0 Å². The minimum atomic E-state index is 0.290. The summed E-state index contributed by atoms with van der Waals surface area (Å²) in [6, 6.07) is 0.957. The van der Waals surface area contributed by atoms with Gasteiger partial charge in [-0.3, -0.25) is 4.90 Å². The highest BCUT2D eigenvalue weighted by Gasteiger charge is 2.32. The normalized spacial score (nSPS) is 21.5. The molecule has 3 atom stereocenters. The Kier molecular flexibility index (Phi) is 6.45. The van der Waals surface area contributed by atoms with Gasteiger partial charge in [-0.05, 0) is 31.6 Å². The van der Waals surface area contributed by atoms with Gasteiger partial charge in [-0.15, -0.1) is 0 Å². The molecule has 1 rings (SSSR count). The van der Waals surface area contributed by atoms with Crippen LogP contribution in [0.1, 0.15) is 40.0 Å². The van der Waals surface area contributed by atoms with Gasteiger partial charge in [-0.1, -0.05) is 20.3 Å². The average molecular weight is 242 g/mol. The Morgan fingerprint density at radius 3 is 2.47 bits per heavy atom. The Hall–Kier alpha value is -0.120. The third kappa shape index (κ3) is 4.94. The third-order valence-corrected chi connectivity index (χ3v) is 4.28. The molecule has 0 bridgehead atoms. The van der Waals surface area contributed by atoms with Crippen LogP contribution in [0.15, 0.2) is 0 Å². The summed E-state index contributed by atoms with van der Waals surface area (Å²) in [6.07, 6.45) is 3.95. The van der Waals surface area contributed by atoms with E-state index in [0.717, 1.165) is 32.0 Å². The molecule has 3 heteroatoms. The van der Waals surface area contributed by atoms with E-state index in [9.17, 15) is 0 Å². The van der Waals surface area contributed by atoms with E-state index in [1.165, 1.54) is 12.8 Å². The fourth-order valence-electron chi connectivity index (χ4n) is 2.30. The minimum absolute atomic E-state index is 0.290. The van der Waals surface area contributed by atoms with E-state index in [4.69, 9.17) is 10.5 Å². The van der Waals surface area contributed by atoms with Gasteiger partial charge in [-0.25, -0.2) is 0 Å². The topological polar surface area (TPSA) is 38.5 Å². The van der Waals surface area contributed by atoms with Crippen LogP contribution >= 0.6 is 0 Å². The summed E-state index contributed by atoms with van der Waals surface area (Å²) < 4.78 is 5.21. The highest BCUT2D eigenvalue weighted by atomic mass is 16.5. The van der Waals surface area contributed by atoms with Crippen LogP contribution in [0, 0.1) is 11.8 Å². The summed E-state index contributed by atoms with van der Waals surface area (Å²) in [7, 11) is 1.77. The van der Waals surface area contributed by atoms with Crippen LogP contribution in [0.5, 0.6) is 0 Å². The van der Waals surface area contributed by atoms with Gasteiger partial charge in [0.25, 0.3) is 0 Å². The van der Waals surface area contributed by atoms with Crippen molar-refractivity contribution in [3.8, 4) is 0 Å². The lowest BCUT2D eigenvalue weighted by Crippen LogP contribution is -2.47. The number of hydrogen-bond acceptors (Lipinski definition) is 3. The van der Waals surface area contributed by atoms with Gasteiger partial charge in [0.1, 0.15) is 0 Å². The number of nitrogens with zero attached hydrogens (tertiary/aromatic N) is 1. The van der Waals surface area contributed by atoms with E-state index in [2.05, 4.69) is 25.7 Å². The van der Waals surface area contributed by atoms with Crippen LogP contribution in [0.25, 0.3) is 0 Å². The van der Waals surface area contributed by atoms with Crippen LogP contribution < -0.4 is 5.73 Å². The number of hydrogen-bond donors (Lipinski definition) is 1. The molecule has 1 aliphatic carbocycles. The van der Waals surface area contributed by atoms with E-state index in [1.54, 1.807) is 7.11 Å². The molecule has 102 valence electrons. The zero-order chi connectivity index (χ0) is 12.8. The summed E-state index contributed by atoms with van der Waals surface area (Å²) in [5, 5.41) is 0.